The summed E-state index contributed by atoms with van der Waals surface area (Å²) in [6.45, 7) is -0.805. The number of aromatic nitrogens is 4. The van der Waals surface area contributed by atoms with Gasteiger partial charge >= 0.3 is 6.18 Å². The van der Waals surface area contributed by atoms with Crippen molar-refractivity contribution in [1.29, 1.82) is 0 Å². The fraction of sp³-hybridized carbons (Fsp3) is 0.593. The summed E-state index contributed by atoms with van der Waals surface area (Å²) in [6, 6.07) is 1.01. The Labute approximate surface area is 244 Å². The minimum Gasteiger partial charge on any atom is -0.350 e. The Morgan fingerprint density at radius 3 is 2.39 bits per heavy atom. The van der Waals surface area contributed by atoms with Gasteiger partial charge < -0.3 is 15.6 Å². The van der Waals surface area contributed by atoms with Gasteiger partial charge in [-0.1, -0.05) is 11.2 Å². The van der Waals surface area contributed by atoms with Gasteiger partial charge in [-0.25, -0.2) is 31.6 Å². The first-order chi connectivity index (χ1) is 20.5. The zero-order chi connectivity index (χ0) is 32.0. The van der Waals surface area contributed by atoms with Gasteiger partial charge in [0.15, 0.2) is 11.5 Å². The van der Waals surface area contributed by atoms with Gasteiger partial charge in [0.25, 0.3) is 11.8 Å². The lowest BCUT2D eigenvalue weighted by Crippen LogP contribution is -2.39. The number of halogens is 8. The molecule has 2 aliphatic carbocycles. The summed E-state index contributed by atoms with van der Waals surface area (Å²) in [7, 11) is 0. The smallest absolute Gasteiger partial charge is 0.350 e. The van der Waals surface area contributed by atoms with Gasteiger partial charge in [-0.2, -0.15) is 13.2 Å². The molecule has 2 amide bonds. The maximum Gasteiger partial charge on any atom is 0.390 e. The number of fused-ring (bicyclic) bond motifs is 1. The van der Waals surface area contributed by atoms with Crippen molar-refractivity contribution in [1.82, 2.24) is 30.9 Å². The molecule has 5 rings (SSSR count). The van der Waals surface area contributed by atoms with Crippen LogP contribution in [-0.2, 0) is 4.79 Å². The van der Waals surface area contributed by atoms with E-state index in [4.69, 9.17) is 4.63 Å². The summed E-state index contributed by atoms with van der Waals surface area (Å²) in [6.07, 6.45) is -6.28. The van der Waals surface area contributed by atoms with Gasteiger partial charge in [0.2, 0.25) is 11.8 Å². The Morgan fingerprint density at radius 2 is 1.77 bits per heavy atom. The van der Waals surface area contributed by atoms with Crippen molar-refractivity contribution < 1.29 is 49.3 Å². The van der Waals surface area contributed by atoms with Crippen LogP contribution in [-0.4, -0.2) is 56.7 Å². The number of rotatable bonds is 10. The van der Waals surface area contributed by atoms with Gasteiger partial charge in [0.1, 0.15) is 17.0 Å². The largest absolute Gasteiger partial charge is 0.390 e. The number of benzene rings is 1. The number of aromatic amines is 1. The number of imidazole rings is 1. The Kier molecular flexibility index (Phi) is 8.35. The number of nitrogens with one attached hydrogen (secondary N) is 3. The molecule has 3 aromatic rings. The summed E-state index contributed by atoms with van der Waals surface area (Å²) in [4.78, 5) is 32.8. The van der Waals surface area contributed by atoms with Crippen LogP contribution in [0.4, 0.5) is 35.1 Å². The van der Waals surface area contributed by atoms with Gasteiger partial charge in [0.05, 0.1) is 30.4 Å². The third-order valence-corrected chi connectivity index (χ3v) is 7.85. The lowest BCUT2D eigenvalue weighted by molar-refractivity contribution is -0.148. The molecule has 3 N–H and O–H groups in total. The first kappa shape index (κ1) is 31.6. The first-order valence-corrected chi connectivity index (χ1v) is 13.9. The second kappa shape index (κ2) is 11.6. The van der Waals surface area contributed by atoms with Gasteiger partial charge in [-0.15, -0.1) is 0 Å². The lowest BCUT2D eigenvalue weighted by Gasteiger charge is -2.33. The van der Waals surface area contributed by atoms with Crippen LogP contribution in [0, 0.1) is 11.7 Å². The van der Waals surface area contributed by atoms with E-state index in [1.54, 1.807) is 5.32 Å². The van der Waals surface area contributed by atoms with E-state index in [2.05, 4.69) is 25.6 Å². The standard InChI is InChI=1S/C27H28F8N6O3/c1-25(29,30)11-36-23(42)15(10-27(33,34)35)14-4-5-16-20(17(14)28)38-22(37-16)19(13-6-8-26(31,32)9-7-13)39-24(43)21-18(12-2-3-12)40-44-41-21/h4-5,12-13,15,19H,2-3,6-11H2,1H3,(H,36,42)(H,37,38)(H,39,43)/t15-,19+/m1/s1. The molecule has 9 nitrogen and oxygen atoms in total. The van der Waals surface area contributed by atoms with E-state index >= 15 is 4.39 Å². The number of carbonyl (C=O) groups is 2. The molecule has 0 saturated heterocycles. The average Bonchev–Trinajstić information content (AvgIpc) is 3.47. The maximum atomic E-state index is 15.8. The van der Waals surface area contributed by atoms with Crippen LogP contribution in [0.5, 0.6) is 0 Å². The van der Waals surface area contributed by atoms with Crippen molar-refractivity contribution in [2.45, 2.75) is 87.8 Å². The Morgan fingerprint density at radius 1 is 1.09 bits per heavy atom. The number of hydrogen-bond donors (Lipinski definition) is 3. The molecule has 0 radical (unpaired) electrons. The molecular formula is C27H28F8N6O3. The highest BCUT2D eigenvalue weighted by molar-refractivity contribution is 5.93. The summed E-state index contributed by atoms with van der Waals surface area (Å²) in [5.41, 5.74) is -0.992. The van der Waals surface area contributed by atoms with Gasteiger partial charge in [-0.3, -0.25) is 9.59 Å². The second-order valence-corrected chi connectivity index (χ2v) is 11.6. The Balaban J connectivity index is 1.49. The van der Waals surface area contributed by atoms with E-state index in [0.29, 0.717) is 12.6 Å². The topological polar surface area (TPSA) is 126 Å². The summed E-state index contributed by atoms with van der Waals surface area (Å²) in [5.74, 6) is -12.7. The van der Waals surface area contributed by atoms with Crippen molar-refractivity contribution in [3.63, 3.8) is 0 Å². The van der Waals surface area contributed by atoms with Crippen molar-refractivity contribution >= 4 is 22.8 Å². The van der Waals surface area contributed by atoms with Crippen LogP contribution in [0.3, 0.4) is 0 Å². The van der Waals surface area contributed by atoms with Crippen LogP contribution in [0.2, 0.25) is 0 Å². The van der Waals surface area contributed by atoms with E-state index < -0.39 is 90.4 Å². The molecule has 2 aliphatic rings. The molecule has 44 heavy (non-hydrogen) atoms. The third kappa shape index (κ3) is 7.29. The minimum atomic E-state index is -4.96. The minimum absolute atomic E-state index is 0.0158. The van der Waals surface area contributed by atoms with Gasteiger partial charge in [-0.05, 0) is 42.8 Å². The molecule has 2 heterocycles. The number of carbonyl (C=O) groups excluding carboxylic acids is 2. The molecule has 240 valence electrons. The van der Waals surface area contributed by atoms with Gasteiger partial charge in [0, 0.05) is 31.2 Å². The number of nitrogens with zero attached hydrogens (tertiary/aromatic N) is 3. The Bertz CT molecular complexity index is 1520. The second-order valence-electron chi connectivity index (χ2n) is 11.6. The number of amides is 2. The normalized spacial score (nSPS) is 19.1. The lowest BCUT2D eigenvalue weighted by atomic mass is 9.81. The predicted molar refractivity (Wildman–Crippen MR) is 136 cm³/mol. The third-order valence-electron chi connectivity index (χ3n) is 7.85. The molecule has 0 bridgehead atoms. The van der Waals surface area contributed by atoms with E-state index in [1.807, 2.05) is 0 Å². The average molecular weight is 637 g/mol. The van der Waals surface area contributed by atoms with E-state index in [1.165, 1.54) is 0 Å². The molecule has 2 aromatic heterocycles. The van der Waals surface area contributed by atoms with E-state index in [0.717, 1.165) is 25.0 Å². The molecule has 2 atom stereocenters. The fourth-order valence-corrected chi connectivity index (χ4v) is 5.43. The van der Waals surface area contributed by atoms with Crippen molar-refractivity contribution in [3.8, 4) is 0 Å². The van der Waals surface area contributed by atoms with Crippen LogP contribution in [0.15, 0.2) is 16.8 Å². The molecule has 2 fully saturated rings. The maximum absolute atomic E-state index is 15.8. The molecular weight excluding hydrogens is 608 g/mol. The van der Waals surface area contributed by atoms with Crippen LogP contribution >= 0.6 is 0 Å². The molecule has 1 aromatic carbocycles. The number of hydrogen-bond acceptors (Lipinski definition) is 6. The highest BCUT2D eigenvalue weighted by Crippen LogP contribution is 2.43. The Hall–Kier alpha value is -3.79. The summed E-state index contributed by atoms with van der Waals surface area (Å²) < 4.78 is 115. The first-order valence-electron chi connectivity index (χ1n) is 13.9. The quantitative estimate of drug-likeness (QED) is 0.232. The highest BCUT2D eigenvalue weighted by atomic mass is 19.4. The molecule has 0 aliphatic heterocycles. The fourth-order valence-electron chi connectivity index (χ4n) is 5.43. The molecule has 17 heteroatoms. The molecule has 0 spiro atoms. The zero-order valence-electron chi connectivity index (χ0n) is 23.2. The van der Waals surface area contributed by atoms with Crippen LogP contribution in [0.1, 0.15) is 97.3 Å². The molecule has 2 saturated carbocycles. The summed E-state index contributed by atoms with van der Waals surface area (Å²) in [5, 5.41) is 11.9. The highest BCUT2D eigenvalue weighted by Gasteiger charge is 2.42. The van der Waals surface area contributed by atoms with E-state index in [9.17, 15) is 40.3 Å². The van der Waals surface area contributed by atoms with E-state index in [-0.39, 0.29) is 35.8 Å². The molecule has 0 unspecified atom stereocenters. The zero-order valence-corrected chi connectivity index (χ0v) is 23.2. The SMILES string of the molecule is CC(F)(F)CNC(=O)[C@H](CC(F)(F)F)c1ccc2[nH]c([C@@H](NC(=O)c3nonc3C3CC3)C3CCC(F)(F)CC3)nc2c1F. The van der Waals surface area contributed by atoms with Crippen LogP contribution in [0.25, 0.3) is 11.0 Å². The van der Waals surface area contributed by atoms with Crippen molar-refractivity contribution in [2.24, 2.45) is 5.92 Å². The van der Waals surface area contributed by atoms with Crippen LogP contribution < -0.4 is 10.6 Å². The predicted octanol–water partition coefficient (Wildman–Crippen LogP) is 6.07. The van der Waals surface area contributed by atoms with Crippen molar-refractivity contribution in [2.75, 3.05) is 6.54 Å². The summed E-state index contributed by atoms with van der Waals surface area (Å²) >= 11 is 0. The van der Waals surface area contributed by atoms with Crippen molar-refractivity contribution in [3.05, 3.63) is 40.7 Å². The number of H-pyrrole nitrogens is 1. The number of alkyl halides is 7. The monoisotopic (exact) mass is 636 g/mol.